The highest BCUT2D eigenvalue weighted by Crippen LogP contribution is 2.57. The minimum Gasteiger partial charge on any atom is -0.274 e. The molecule has 6 heteroatoms. The molecule has 0 saturated carbocycles. The molecule has 1 atom stereocenters. The van der Waals surface area contributed by atoms with Crippen molar-refractivity contribution in [1.82, 2.24) is 9.34 Å². The second kappa shape index (κ2) is 5.96. The molecule has 1 unspecified atom stereocenters. The van der Waals surface area contributed by atoms with Crippen LogP contribution in [0.2, 0.25) is 0 Å². The van der Waals surface area contributed by atoms with Gasteiger partial charge in [0.25, 0.3) is 0 Å². The maximum absolute atomic E-state index is 13.2. The molecule has 2 rings (SSSR count). The van der Waals surface area contributed by atoms with Crippen LogP contribution in [0.3, 0.4) is 0 Å². The standard InChI is InChI=1S/C11H23N2O2PS/c1-17(15)16(14,12-8-4-2-5-9-12)13-10-6-3-7-11-13/h2-11H2,1H3. The van der Waals surface area contributed by atoms with Crippen molar-refractivity contribution in [3.05, 3.63) is 0 Å². The molecule has 2 aliphatic heterocycles. The van der Waals surface area contributed by atoms with E-state index in [9.17, 15) is 8.77 Å². The van der Waals surface area contributed by atoms with Crippen LogP contribution in [0, 0.1) is 0 Å². The highest BCUT2D eigenvalue weighted by atomic mass is 32.8. The third-order valence-corrected chi connectivity index (χ3v) is 10.0. The van der Waals surface area contributed by atoms with Crippen LogP contribution in [0.4, 0.5) is 0 Å². The first-order valence-corrected chi connectivity index (χ1v) is 10.4. The van der Waals surface area contributed by atoms with E-state index in [0.717, 1.165) is 51.9 Å². The molecule has 4 nitrogen and oxygen atoms in total. The average molecular weight is 278 g/mol. The first kappa shape index (κ1) is 13.7. The fourth-order valence-electron chi connectivity index (χ4n) is 2.76. The van der Waals surface area contributed by atoms with Crippen molar-refractivity contribution < 1.29 is 8.77 Å². The SMILES string of the molecule is CS(=O)P(=O)(N1CCCCC1)N1CCCCC1. The minimum absolute atomic E-state index is 0.855. The lowest BCUT2D eigenvalue weighted by Gasteiger charge is -2.40. The highest BCUT2D eigenvalue weighted by molar-refractivity contribution is 8.47. The van der Waals surface area contributed by atoms with Crippen LogP contribution >= 0.6 is 6.65 Å². The molecule has 0 N–H and O–H groups in total. The minimum atomic E-state index is -2.80. The summed E-state index contributed by atoms with van der Waals surface area (Å²) >= 11 is 0. The van der Waals surface area contributed by atoms with Gasteiger partial charge in [-0.2, -0.15) is 0 Å². The maximum atomic E-state index is 13.2. The van der Waals surface area contributed by atoms with E-state index in [1.807, 2.05) is 9.34 Å². The molecule has 0 amide bonds. The van der Waals surface area contributed by atoms with E-state index in [4.69, 9.17) is 0 Å². The normalized spacial score (nSPS) is 26.9. The summed E-state index contributed by atoms with van der Waals surface area (Å²) in [6.07, 6.45) is 8.41. The second-order valence-electron chi connectivity index (χ2n) is 4.94. The van der Waals surface area contributed by atoms with Crippen molar-refractivity contribution in [2.75, 3.05) is 32.4 Å². The average Bonchev–Trinajstić information content (AvgIpc) is 2.39. The molecule has 17 heavy (non-hydrogen) atoms. The van der Waals surface area contributed by atoms with Crippen molar-refractivity contribution in [1.29, 1.82) is 0 Å². The number of rotatable bonds is 3. The molecule has 0 aromatic heterocycles. The van der Waals surface area contributed by atoms with Gasteiger partial charge in [0.15, 0.2) is 0 Å². The second-order valence-corrected chi connectivity index (χ2v) is 10.9. The molecule has 2 heterocycles. The molecule has 0 spiro atoms. The topological polar surface area (TPSA) is 40.6 Å². The van der Waals surface area contributed by atoms with E-state index in [2.05, 4.69) is 0 Å². The van der Waals surface area contributed by atoms with Gasteiger partial charge in [-0.1, -0.05) is 12.8 Å². The van der Waals surface area contributed by atoms with E-state index in [-0.39, 0.29) is 0 Å². The summed E-state index contributed by atoms with van der Waals surface area (Å²) in [4.78, 5) is 0. The van der Waals surface area contributed by atoms with Crippen molar-refractivity contribution in [2.24, 2.45) is 0 Å². The Hall–Kier alpha value is 0.300. The van der Waals surface area contributed by atoms with Gasteiger partial charge in [-0.15, -0.1) is 0 Å². The molecule has 2 aliphatic rings. The first-order valence-electron chi connectivity index (χ1n) is 6.60. The lowest BCUT2D eigenvalue weighted by Crippen LogP contribution is -2.38. The van der Waals surface area contributed by atoms with E-state index >= 15 is 0 Å². The predicted molar refractivity (Wildman–Crippen MR) is 72.5 cm³/mol. The largest absolute Gasteiger partial charge is 0.300 e. The zero-order valence-corrected chi connectivity index (χ0v) is 12.3. The van der Waals surface area contributed by atoms with Crippen LogP contribution in [0.25, 0.3) is 0 Å². The number of hydrogen-bond acceptors (Lipinski definition) is 2. The van der Waals surface area contributed by atoms with Crippen molar-refractivity contribution >= 4 is 17.1 Å². The predicted octanol–water partition coefficient (Wildman–Crippen LogP) is 2.44. The van der Waals surface area contributed by atoms with Crippen molar-refractivity contribution in [3.63, 3.8) is 0 Å². The quantitative estimate of drug-likeness (QED) is 0.744. The Morgan fingerprint density at radius 2 is 1.18 bits per heavy atom. The number of hydrogen-bond donors (Lipinski definition) is 0. The fourth-order valence-corrected chi connectivity index (χ4v) is 8.28. The molecule has 0 bridgehead atoms. The first-order chi connectivity index (χ1) is 8.15. The Morgan fingerprint density at radius 1 is 0.824 bits per heavy atom. The number of piperidine rings is 2. The smallest absolute Gasteiger partial charge is 0.274 e. The van der Waals surface area contributed by atoms with Gasteiger partial charge in [0.1, 0.15) is 10.4 Å². The van der Waals surface area contributed by atoms with Gasteiger partial charge in [-0.3, -0.25) is 4.57 Å². The summed E-state index contributed by atoms with van der Waals surface area (Å²) in [5.41, 5.74) is 0. The third kappa shape index (κ3) is 2.83. The Morgan fingerprint density at radius 3 is 1.47 bits per heavy atom. The van der Waals surface area contributed by atoms with E-state index in [1.165, 1.54) is 12.8 Å². The van der Waals surface area contributed by atoms with Gasteiger partial charge < -0.3 is 0 Å². The Balaban J connectivity index is 2.17. The molecule has 0 aromatic rings. The van der Waals surface area contributed by atoms with Crippen LogP contribution < -0.4 is 0 Å². The van der Waals surface area contributed by atoms with Crippen LogP contribution in [-0.2, 0) is 15.0 Å². The molecule has 0 aromatic carbocycles. The van der Waals surface area contributed by atoms with Crippen LogP contribution in [0.1, 0.15) is 38.5 Å². The van der Waals surface area contributed by atoms with Gasteiger partial charge in [-0.05, 0) is 25.7 Å². The van der Waals surface area contributed by atoms with Gasteiger partial charge in [0.2, 0.25) is 0 Å². The summed E-state index contributed by atoms with van der Waals surface area (Å²) in [5.74, 6) is 0. The van der Waals surface area contributed by atoms with Gasteiger partial charge in [-0.25, -0.2) is 13.5 Å². The lowest BCUT2D eigenvalue weighted by atomic mass is 10.2. The summed E-state index contributed by atoms with van der Waals surface area (Å²) < 4.78 is 29.3. The van der Waals surface area contributed by atoms with Crippen molar-refractivity contribution in [3.8, 4) is 0 Å². The number of nitrogens with zero attached hydrogens (tertiary/aromatic N) is 2. The molecule has 100 valence electrons. The van der Waals surface area contributed by atoms with E-state index in [1.54, 1.807) is 6.26 Å². The molecule has 0 radical (unpaired) electrons. The summed E-state index contributed by atoms with van der Waals surface area (Å²) in [6.45, 7) is 0.615. The maximum Gasteiger partial charge on any atom is 0.300 e. The summed E-state index contributed by atoms with van der Waals surface area (Å²) in [6, 6.07) is 0. The molecule has 2 saturated heterocycles. The fraction of sp³-hybridized carbons (Fsp3) is 1.00. The Labute approximate surface area is 106 Å². The Kier molecular flexibility index (Phi) is 4.81. The van der Waals surface area contributed by atoms with Crippen LogP contribution in [-0.4, -0.2) is 46.0 Å². The lowest BCUT2D eigenvalue weighted by molar-refractivity contribution is 0.286. The third-order valence-electron chi connectivity index (χ3n) is 3.71. The molecule has 0 aliphatic carbocycles. The van der Waals surface area contributed by atoms with Gasteiger partial charge >= 0.3 is 6.65 Å². The monoisotopic (exact) mass is 278 g/mol. The Bertz CT molecular complexity index is 303. The molecule has 2 fully saturated rings. The highest BCUT2D eigenvalue weighted by Gasteiger charge is 2.41. The zero-order chi connectivity index (χ0) is 12.3. The van der Waals surface area contributed by atoms with Crippen LogP contribution in [0.15, 0.2) is 0 Å². The van der Waals surface area contributed by atoms with Crippen LogP contribution in [0.5, 0.6) is 0 Å². The van der Waals surface area contributed by atoms with Gasteiger partial charge in [0, 0.05) is 32.4 Å². The zero-order valence-electron chi connectivity index (χ0n) is 10.6. The van der Waals surface area contributed by atoms with E-state index in [0.29, 0.717) is 0 Å². The van der Waals surface area contributed by atoms with E-state index < -0.39 is 17.1 Å². The molecular weight excluding hydrogens is 255 g/mol. The van der Waals surface area contributed by atoms with Crippen molar-refractivity contribution in [2.45, 2.75) is 38.5 Å². The van der Waals surface area contributed by atoms with Gasteiger partial charge in [0.05, 0.1) is 0 Å². The summed E-state index contributed by atoms with van der Waals surface area (Å²) in [7, 11) is -1.26. The molecular formula is C11H23N2O2PS. The summed E-state index contributed by atoms with van der Waals surface area (Å²) in [5, 5.41) is 0.